The Hall–Kier alpha value is -0.770. The topological polar surface area (TPSA) is 23.8 Å². The molecule has 0 atom stereocenters. The van der Waals surface area contributed by atoms with Crippen LogP contribution in [0.5, 0.6) is 0 Å². The largest absolute Gasteiger partial charge is 0.197 e. The molecule has 0 aliphatic heterocycles. The molecule has 1 aliphatic carbocycles. The minimum Gasteiger partial charge on any atom is -0.197 e. The highest BCUT2D eigenvalue weighted by Crippen LogP contribution is 2.41. The van der Waals surface area contributed by atoms with Gasteiger partial charge in [-0.2, -0.15) is 5.26 Å². The van der Waals surface area contributed by atoms with E-state index in [9.17, 15) is 5.26 Å². The van der Waals surface area contributed by atoms with Gasteiger partial charge in [0.2, 0.25) is 0 Å². The van der Waals surface area contributed by atoms with Crippen LogP contribution in [0.3, 0.4) is 0 Å². The molecule has 84 valence electrons. The van der Waals surface area contributed by atoms with E-state index in [2.05, 4.69) is 26.0 Å². The molecular formula is C14H23N. The number of hydrogen-bond donors (Lipinski definition) is 0. The Morgan fingerprint density at radius 2 is 1.93 bits per heavy atom. The Kier molecular flexibility index (Phi) is 4.88. The van der Waals surface area contributed by atoms with Gasteiger partial charge in [-0.3, -0.25) is 0 Å². The first kappa shape index (κ1) is 12.3. The van der Waals surface area contributed by atoms with Crippen molar-refractivity contribution in [3.8, 4) is 6.07 Å². The maximum atomic E-state index is 9.50. The van der Waals surface area contributed by atoms with E-state index in [1.807, 2.05) is 0 Å². The second-order valence-corrected chi connectivity index (χ2v) is 4.67. The predicted octanol–water partition coefficient (Wildman–Crippen LogP) is 4.60. The van der Waals surface area contributed by atoms with Crippen molar-refractivity contribution >= 4 is 0 Å². The van der Waals surface area contributed by atoms with Gasteiger partial charge in [-0.15, -0.1) is 0 Å². The Morgan fingerprint density at radius 3 is 2.33 bits per heavy atom. The summed E-state index contributed by atoms with van der Waals surface area (Å²) in [7, 11) is 0. The molecule has 15 heavy (non-hydrogen) atoms. The van der Waals surface area contributed by atoms with Crippen LogP contribution in [0.4, 0.5) is 0 Å². The minimum absolute atomic E-state index is 0.121. The van der Waals surface area contributed by atoms with Crippen LogP contribution in [0.25, 0.3) is 0 Å². The van der Waals surface area contributed by atoms with E-state index in [0.29, 0.717) is 0 Å². The monoisotopic (exact) mass is 205 g/mol. The summed E-state index contributed by atoms with van der Waals surface area (Å²) in [6.45, 7) is 4.37. The van der Waals surface area contributed by atoms with E-state index in [1.54, 1.807) is 0 Å². The van der Waals surface area contributed by atoms with E-state index in [0.717, 1.165) is 32.1 Å². The summed E-state index contributed by atoms with van der Waals surface area (Å²) < 4.78 is 0. The van der Waals surface area contributed by atoms with Crippen LogP contribution in [0.15, 0.2) is 11.6 Å². The zero-order valence-corrected chi connectivity index (χ0v) is 10.2. The van der Waals surface area contributed by atoms with Crippen molar-refractivity contribution in [2.75, 3.05) is 0 Å². The van der Waals surface area contributed by atoms with Crippen molar-refractivity contribution in [3.63, 3.8) is 0 Å². The molecule has 0 aromatic rings. The summed E-state index contributed by atoms with van der Waals surface area (Å²) >= 11 is 0. The van der Waals surface area contributed by atoms with Crippen LogP contribution in [-0.2, 0) is 0 Å². The van der Waals surface area contributed by atoms with Gasteiger partial charge < -0.3 is 0 Å². The van der Waals surface area contributed by atoms with E-state index in [-0.39, 0.29) is 5.41 Å². The van der Waals surface area contributed by atoms with E-state index < -0.39 is 0 Å². The average molecular weight is 205 g/mol. The van der Waals surface area contributed by atoms with Crippen molar-refractivity contribution in [2.24, 2.45) is 5.41 Å². The smallest absolute Gasteiger partial charge is 0.0782 e. The molecule has 0 radical (unpaired) electrons. The third-order valence-electron chi connectivity index (χ3n) is 3.47. The fourth-order valence-corrected chi connectivity index (χ4v) is 2.76. The van der Waals surface area contributed by atoms with Gasteiger partial charge >= 0.3 is 0 Å². The Balaban J connectivity index is 2.86. The second kappa shape index (κ2) is 5.95. The van der Waals surface area contributed by atoms with Crippen LogP contribution < -0.4 is 0 Å². The van der Waals surface area contributed by atoms with Crippen molar-refractivity contribution in [2.45, 2.75) is 65.2 Å². The fourth-order valence-electron chi connectivity index (χ4n) is 2.76. The van der Waals surface area contributed by atoms with Gasteiger partial charge in [-0.1, -0.05) is 38.3 Å². The summed E-state index contributed by atoms with van der Waals surface area (Å²) in [5, 5.41) is 9.50. The lowest BCUT2D eigenvalue weighted by Crippen LogP contribution is -2.22. The lowest BCUT2D eigenvalue weighted by atomic mass is 9.71. The van der Waals surface area contributed by atoms with Crippen LogP contribution in [0, 0.1) is 16.7 Å². The quantitative estimate of drug-likeness (QED) is 0.602. The lowest BCUT2D eigenvalue weighted by Gasteiger charge is -2.31. The van der Waals surface area contributed by atoms with Gasteiger partial charge in [0.25, 0.3) is 0 Å². The van der Waals surface area contributed by atoms with E-state index in [1.165, 1.54) is 24.8 Å². The standard InChI is InChI=1S/C14H23N/c1-3-10-14(12-15,11-4-2)13-8-6-5-7-9-13/h8H,3-7,9-11H2,1-2H3. The first-order chi connectivity index (χ1) is 7.29. The van der Waals surface area contributed by atoms with Crippen LogP contribution in [0.2, 0.25) is 0 Å². The van der Waals surface area contributed by atoms with Crippen molar-refractivity contribution in [3.05, 3.63) is 11.6 Å². The highest BCUT2D eigenvalue weighted by atomic mass is 14.4. The number of allylic oxidation sites excluding steroid dienone is 2. The Labute approximate surface area is 94.2 Å². The summed E-state index contributed by atoms with van der Waals surface area (Å²) in [6.07, 6.45) is 11.6. The number of nitrogens with zero attached hydrogens (tertiary/aromatic N) is 1. The molecule has 1 nitrogen and oxygen atoms in total. The third kappa shape index (κ3) is 2.84. The highest BCUT2D eigenvalue weighted by Gasteiger charge is 2.32. The average Bonchev–Trinajstić information content (AvgIpc) is 2.30. The van der Waals surface area contributed by atoms with Crippen LogP contribution in [-0.4, -0.2) is 0 Å². The molecule has 0 bridgehead atoms. The molecule has 0 fully saturated rings. The molecule has 0 aromatic heterocycles. The van der Waals surface area contributed by atoms with E-state index >= 15 is 0 Å². The number of rotatable bonds is 5. The summed E-state index contributed by atoms with van der Waals surface area (Å²) in [5.74, 6) is 0. The molecule has 0 aromatic carbocycles. The molecule has 0 unspecified atom stereocenters. The van der Waals surface area contributed by atoms with Gasteiger partial charge in [0.1, 0.15) is 0 Å². The normalized spacial score (nSPS) is 17.0. The van der Waals surface area contributed by atoms with Crippen molar-refractivity contribution in [1.82, 2.24) is 0 Å². The van der Waals surface area contributed by atoms with Gasteiger partial charge in [-0.05, 0) is 38.5 Å². The first-order valence-electron chi connectivity index (χ1n) is 6.40. The van der Waals surface area contributed by atoms with Gasteiger partial charge in [-0.25, -0.2) is 0 Å². The molecule has 0 saturated carbocycles. The molecular weight excluding hydrogens is 182 g/mol. The summed E-state index contributed by atoms with van der Waals surface area (Å²) in [6, 6.07) is 2.62. The summed E-state index contributed by atoms with van der Waals surface area (Å²) in [5.41, 5.74) is 1.32. The predicted molar refractivity (Wildman–Crippen MR) is 64.4 cm³/mol. The van der Waals surface area contributed by atoms with Crippen molar-refractivity contribution < 1.29 is 0 Å². The molecule has 0 amide bonds. The van der Waals surface area contributed by atoms with E-state index in [4.69, 9.17) is 0 Å². The van der Waals surface area contributed by atoms with Gasteiger partial charge in [0.05, 0.1) is 11.5 Å². The zero-order valence-electron chi connectivity index (χ0n) is 10.2. The molecule has 0 spiro atoms. The molecule has 1 aliphatic rings. The van der Waals surface area contributed by atoms with Crippen LogP contribution >= 0.6 is 0 Å². The number of hydrogen-bond acceptors (Lipinski definition) is 1. The minimum atomic E-state index is -0.121. The zero-order chi connectivity index (χ0) is 11.1. The highest BCUT2D eigenvalue weighted by molar-refractivity contribution is 5.25. The van der Waals surface area contributed by atoms with Crippen LogP contribution in [0.1, 0.15) is 65.2 Å². The Morgan fingerprint density at radius 1 is 1.27 bits per heavy atom. The van der Waals surface area contributed by atoms with Gasteiger partial charge in [0.15, 0.2) is 0 Å². The number of nitriles is 1. The SMILES string of the molecule is CCCC(C#N)(CCC)C1=CCCCC1. The lowest BCUT2D eigenvalue weighted by molar-refractivity contribution is 0.369. The molecule has 1 heteroatoms. The Bertz CT molecular complexity index is 251. The first-order valence-corrected chi connectivity index (χ1v) is 6.40. The van der Waals surface area contributed by atoms with Gasteiger partial charge in [0, 0.05) is 0 Å². The molecule has 0 heterocycles. The van der Waals surface area contributed by atoms with Crippen molar-refractivity contribution in [1.29, 1.82) is 5.26 Å². The molecule has 0 N–H and O–H groups in total. The second-order valence-electron chi connectivity index (χ2n) is 4.67. The molecule has 1 rings (SSSR count). The summed E-state index contributed by atoms with van der Waals surface area (Å²) in [4.78, 5) is 0. The molecule has 0 saturated heterocycles. The third-order valence-corrected chi connectivity index (χ3v) is 3.47. The maximum absolute atomic E-state index is 9.50. The maximum Gasteiger partial charge on any atom is 0.0782 e. The fraction of sp³-hybridized carbons (Fsp3) is 0.786.